The third kappa shape index (κ3) is 3.40. The van der Waals surface area contributed by atoms with Gasteiger partial charge in [-0.2, -0.15) is 0 Å². The molecule has 0 atom stereocenters. The summed E-state index contributed by atoms with van der Waals surface area (Å²) in [4.78, 5) is 28.0. The molecule has 1 aliphatic rings. The molecular weight excluding hydrogens is 426 g/mol. The first-order valence-corrected chi connectivity index (χ1v) is 11.6. The molecule has 6 rings (SSSR count). The maximum atomic E-state index is 13.3. The van der Waals surface area contributed by atoms with Crippen molar-refractivity contribution < 1.29 is 9.59 Å². The number of nitrogens with zero attached hydrogens (tertiary/aromatic N) is 1. The molecule has 0 radical (unpaired) electrons. The lowest BCUT2D eigenvalue weighted by Crippen LogP contribution is -2.27. The van der Waals surface area contributed by atoms with Crippen LogP contribution in [-0.2, 0) is 11.3 Å². The molecule has 1 heterocycles. The van der Waals surface area contributed by atoms with E-state index in [0.717, 1.165) is 55.2 Å². The van der Waals surface area contributed by atoms with E-state index in [2.05, 4.69) is 30.3 Å². The molecule has 0 spiro atoms. The average molecular weight is 446 g/mol. The van der Waals surface area contributed by atoms with Crippen LogP contribution in [0.1, 0.15) is 11.1 Å². The van der Waals surface area contributed by atoms with E-state index in [1.54, 1.807) is 0 Å². The van der Waals surface area contributed by atoms with Crippen molar-refractivity contribution in [2.24, 2.45) is 0 Å². The predicted molar refractivity (Wildman–Crippen MR) is 137 cm³/mol. The second-order valence-electron chi connectivity index (χ2n) is 8.14. The first-order chi connectivity index (χ1) is 16.2. The second-order valence-corrected chi connectivity index (χ2v) is 9.13. The third-order valence-electron chi connectivity index (χ3n) is 6.17. The number of rotatable bonds is 3. The molecule has 158 valence electrons. The van der Waals surface area contributed by atoms with E-state index >= 15 is 0 Å². The van der Waals surface area contributed by atoms with Gasteiger partial charge in [-0.1, -0.05) is 91.0 Å². The van der Waals surface area contributed by atoms with Crippen molar-refractivity contribution in [2.45, 2.75) is 6.54 Å². The Balaban J connectivity index is 1.43. The molecule has 5 aromatic carbocycles. The number of fused-ring (bicyclic) bond motifs is 3. The first kappa shape index (κ1) is 19.8. The normalized spacial score (nSPS) is 15.4. The minimum Gasteiger partial charge on any atom is -0.268 e. The van der Waals surface area contributed by atoms with Crippen molar-refractivity contribution in [2.75, 3.05) is 0 Å². The number of carbonyl (C=O) groups excluding carboxylic acids is 2. The molecule has 2 amide bonds. The first-order valence-electron chi connectivity index (χ1n) is 10.8. The molecule has 33 heavy (non-hydrogen) atoms. The van der Waals surface area contributed by atoms with Gasteiger partial charge in [-0.15, -0.1) is 0 Å². The van der Waals surface area contributed by atoms with Gasteiger partial charge in [-0.05, 0) is 67.3 Å². The van der Waals surface area contributed by atoms with E-state index in [-0.39, 0.29) is 17.7 Å². The SMILES string of the molecule is O=C1S/C(=C/c2c3ccccc3cc3ccccc23)C(=O)N1Cc1cccc2ccccc12. The number of imide groups is 1. The van der Waals surface area contributed by atoms with Gasteiger partial charge < -0.3 is 0 Å². The van der Waals surface area contributed by atoms with Crippen molar-refractivity contribution in [1.29, 1.82) is 0 Å². The monoisotopic (exact) mass is 445 g/mol. The van der Waals surface area contributed by atoms with Crippen LogP contribution in [0.3, 0.4) is 0 Å². The molecule has 0 saturated carbocycles. The Morgan fingerprint density at radius 2 is 1.24 bits per heavy atom. The van der Waals surface area contributed by atoms with Crippen molar-refractivity contribution in [1.82, 2.24) is 4.90 Å². The van der Waals surface area contributed by atoms with Gasteiger partial charge in [0.05, 0.1) is 11.4 Å². The summed E-state index contributed by atoms with van der Waals surface area (Å²) in [5.74, 6) is -0.241. The van der Waals surface area contributed by atoms with E-state index in [1.165, 1.54) is 4.90 Å². The summed E-state index contributed by atoms with van der Waals surface area (Å²) < 4.78 is 0. The molecule has 0 aliphatic carbocycles. The summed E-state index contributed by atoms with van der Waals surface area (Å²) in [6.45, 7) is 0.264. The minimum absolute atomic E-state index is 0.233. The number of carbonyl (C=O) groups is 2. The van der Waals surface area contributed by atoms with Gasteiger partial charge in [0.25, 0.3) is 11.1 Å². The molecule has 0 bridgehead atoms. The van der Waals surface area contributed by atoms with Crippen molar-refractivity contribution in [3.63, 3.8) is 0 Å². The maximum absolute atomic E-state index is 13.3. The topological polar surface area (TPSA) is 37.4 Å². The van der Waals surface area contributed by atoms with Crippen LogP contribution < -0.4 is 0 Å². The van der Waals surface area contributed by atoms with Gasteiger partial charge in [0.15, 0.2) is 0 Å². The highest BCUT2D eigenvalue weighted by Gasteiger charge is 2.35. The lowest BCUT2D eigenvalue weighted by atomic mass is 9.96. The Morgan fingerprint density at radius 1 is 0.667 bits per heavy atom. The van der Waals surface area contributed by atoms with E-state index in [1.807, 2.05) is 72.8 Å². The zero-order chi connectivity index (χ0) is 22.4. The van der Waals surface area contributed by atoms with Gasteiger partial charge in [0, 0.05) is 0 Å². The third-order valence-corrected chi connectivity index (χ3v) is 7.08. The number of hydrogen-bond acceptors (Lipinski definition) is 3. The number of thioether (sulfide) groups is 1. The minimum atomic E-state index is -0.241. The lowest BCUT2D eigenvalue weighted by molar-refractivity contribution is -0.123. The van der Waals surface area contributed by atoms with Crippen LogP contribution in [-0.4, -0.2) is 16.0 Å². The van der Waals surface area contributed by atoms with Gasteiger partial charge in [-0.25, -0.2) is 0 Å². The van der Waals surface area contributed by atoms with Crippen molar-refractivity contribution in [3.8, 4) is 0 Å². The largest absolute Gasteiger partial charge is 0.293 e. The standard InChI is InChI=1S/C29H19NO2S/c31-28-27(17-26-24-14-5-2-9-20(24)16-21-10-3-6-15-25(21)26)33-29(32)30(28)18-22-12-7-11-19-8-1-4-13-23(19)22/h1-17H,18H2/b27-17+. The summed E-state index contributed by atoms with van der Waals surface area (Å²) in [7, 11) is 0. The Labute approximate surface area is 195 Å². The predicted octanol–water partition coefficient (Wildman–Crippen LogP) is 7.38. The Morgan fingerprint density at radius 3 is 1.94 bits per heavy atom. The summed E-state index contributed by atoms with van der Waals surface area (Å²) >= 11 is 1.02. The van der Waals surface area contributed by atoms with E-state index in [0.29, 0.717) is 4.91 Å². The fraction of sp³-hybridized carbons (Fsp3) is 0.0345. The molecular formula is C29H19NO2S. The summed E-state index contributed by atoms with van der Waals surface area (Å²) in [5, 5.41) is 6.27. The second kappa shape index (κ2) is 7.91. The fourth-order valence-electron chi connectivity index (χ4n) is 4.57. The molecule has 1 aliphatic heterocycles. The van der Waals surface area contributed by atoms with Crippen LogP contribution in [0.25, 0.3) is 38.4 Å². The highest BCUT2D eigenvalue weighted by molar-refractivity contribution is 8.18. The lowest BCUT2D eigenvalue weighted by Gasteiger charge is -2.14. The number of amides is 2. The molecule has 5 aromatic rings. The number of benzene rings is 5. The van der Waals surface area contributed by atoms with Gasteiger partial charge in [0.2, 0.25) is 0 Å². The van der Waals surface area contributed by atoms with Gasteiger partial charge in [-0.3, -0.25) is 14.5 Å². The van der Waals surface area contributed by atoms with Crippen LogP contribution in [0.2, 0.25) is 0 Å². The van der Waals surface area contributed by atoms with E-state index in [9.17, 15) is 9.59 Å². The zero-order valence-corrected chi connectivity index (χ0v) is 18.5. The quantitative estimate of drug-likeness (QED) is 0.215. The maximum Gasteiger partial charge on any atom is 0.293 e. The van der Waals surface area contributed by atoms with Crippen LogP contribution >= 0.6 is 11.8 Å². The van der Waals surface area contributed by atoms with Crippen molar-refractivity contribution >= 4 is 61.3 Å². The highest BCUT2D eigenvalue weighted by atomic mass is 32.2. The zero-order valence-electron chi connectivity index (χ0n) is 17.7. The molecule has 0 N–H and O–H groups in total. The smallest absolute Gasteiger partial charge is 0.268 e. The molecule has 4 heteroatoms. The summed E-state index contributed by atoms with van der Waals surface area (Å²) in [6.07, 6.45) is 1.89. The highest BCUT2D eigenvalue weighted by Crippen LogP contribution is 2.37. The molecule has 3 nitrogen and oxygen atoms in total. The van der Waals surface area contributed by atoms with Crippen LogP contribution in [0.15, 0.2) is 102 Å². The Hall–Kier alpha value is -3.89. The molecule has 0 aromatic heterocycles. The van der Waals surface area contributed by atoms with Gasteiger partial charge >= 0.3 is 0 Å². The summed E-state index contributed by atoms with van der Waals surface area (Å²) in [6, 6.07) is 32.5. The molecule has 0 unspecified atom stereocenters. The van der Waals surface area contributed by atoms with E-state index in [4.69, 9.17) is 0 Å². The Kier molecular flexibility index (Phi) is 4.74. The van der Waals surface area contributed by atoms with Crippen LogP contribution in [0.5, 0.6) is 0 Å². The number of hydrogen-bond donors (Lipinski definition) is 0. The Bertz CT molecular complexity index is 1560. The fourth-order valence-corrected chi connectivity index (χ4v) is 5.39. The molecule has 1 saturated heterocycles. The average Bonchev–Trinajstić information content (AvgIpc) is 3.11. The summed E-state index contributed by atoms with van der Waals surface area (Å²) in [5.41, 5.74) is 1.94. The van der Waals surface area contributed by atoms with E-state index < -0.39 is 0 Å². The van der Waals surface area contributed by atoms with Crippen LogP contribution in [0.4, 0.5) is 4.79 Å². The molecule has 1 fully saturated rings. The van der Waals surface area contributed by atoms with Crippen LogP contribution in [0, 0.1) is 0 Å². The van der Waals surface area contributed by atoms with Crippen molar-refractivity contribution in [3.05, 3.63) is 113 Å². The van der Waals surface area contributed by atoms with Gasteiger partial charge in [0.1, 0.15) is 0 Å².